The number of fused-ring (bicyclic) bond motifs is 1. The molecule has 28 heavy (non-hydrogen) atoms. The van der Waals surface area contributed by atoms with E-state index in [4.69, 9.17) is 4.98 Å². The van der Waals surface area contributed by atoms with E-state index in [1.807, 2.05) is 25.1 Å². The third-order valence-corrected chi connectivity index (χ3v) is 4.95. The number of rotatable bonds is 3. The van der Waals surface area contributed by atoms with Crippen LogP contribution in [0.2, 0.25) is 0 Å². The maximum Gasteiger partial charge on any atom is 0.272 e. The van der Waals surface area contributed by atoms with Crippen LogP contribution in [0.3, 0.4) is 0 Å². The average Bonchev–Trinajstić information content (AvgIpc) is 3.21. The molecule has 0 aliphatic carbocycles. The van der Waals surface area contributed by atoms with Crippen molar-refractivity contribution in [3.8, 4) is 22.8 Å². The fourth-order valence-corrected chi connectivity index (χ4v) is 3.45. The predicted molar refractivity (Wildman–Crippen MR) is 104 cm³/mol. The first-order valence-corrected chi connectivity index (χ1v) is 9.38. The van der Waals surface area contributed by atoms with Gasteiger partial charge in [0.05, 0.1) is 11.4 Å². The smallest absolute Gasteiger partial charge is 0.272 e. The van der Waals surface area contributed by atoms with E-state index >= 15 is 0 Å². The SMILES string of the molecule is Cc1c(-c2ccnc(N3CCCCC3)n2)nnc2nc(-c3ccncc3)nn12. The molecule has 0 saturated carbocycles. The molecule has 9 heteroatoms. The lowest BCUT2D eigenvalue weighted by molar-refractivity contribution is 0.568. The largest absolute Gasteiger partial charge is 0.341 e. The van der Waals surface area contributed by atoms with Gasteiger partial charge in [-0.25, -0.2) is 9.97 Å². The van der Waals surface area contributed by atoms with Gasteiger partial charge in [-0.3, -0.25) is 4.98 Å². The third kappa shape index (κ3) is 2.94. The van der Waals surface area contributed by atoms with Crippen LogP contribution >= 0.6 is 0 Å². The highest BCUT2D eigenvalue weighted by atomic mass is 15.4. The number of hydrogen-bond donors (Lipinski definition) is 0. The van der Waals surface area contributed by atoms with E-state index in [1.54, 1.807) is 23.1 Å². The molecule has 1 saturated heterocycles. The number of anilines is 1. The van der Waals surface area contributed by atoms with E-state index < -0.39 is 0 Å². The molecule has 5 rings (SSSR count). The number of pyridine rings is 1. The van der Waals surface area contributed by atoms with Gasteiger partial charge in [-0.2, -0.15) is 9.50 Å². The minimum absolute atomic E-state index is 0.457. The molecule has 1 aliphatic rings. The molecule has 140 valence electrons. The molecule has 4 aromatic rings. The molecule has 1 fully saturated rings. The van der Waals surface area contributed by atoms with Crippen molar-refractivity contribution in [1.82, 2.24) is 39.7 Å². The summed E-state index contributed by atoms with van der Waals surface area (Å²) in [4.78, 5) is 19.9. The van der Waals surface area contributed by atoms with Crippen LogP contribution in [0, 0.1) is 6.92 Å². The Balaban J connectivity index is 1.55. The van der Waals surface area contributed by atoms with Crippen molar-refractivity contribution in [2.45, 2.75) is 26.2 Å². The van der Waals surface area contributed by atoms with Crippen molar-refractivity contribution < 1.29 is 0 Å². The summed E-state index contributed by atoms with van der Waals surface area (Å²) in [5.74, 6) is 1.79. The topological polar surface area (TPSA) is 97.9 Å². The Bertz CT molecular complexity index is 1120. The minimum atomic E-state index is 0.457. The maximum atomic E-state index is 4.74. The van der Waals surface area contributed by atoms with Crippen molar-refractivity contribution in [3.05, 3.63) is 42.5 Å². The average molecular weight is 373 g/mol. The molecule has 0 radical (unpaired) electrons. The molecule has 0 aromatic carbocycles. The minimum Gasteiger partial charge on any atom is -0.341 e. The van der Waals surface area contributed by atoms with Crippen molar-refractivity contribution >= 4 is 11.7 Å². The van der Waals surface area contributed by atoms with E-state index in [2.05, 4.69) is 35.1 Å². The standard InChI is InChI=1S/C19H19N9/c1-13-16(15-7-10-21-18(22-15)27-11-3-2-4-12-27)24-25-19-23-17(26-28(13)19)14-5-8-20-9-6-14/h5-10H,2-4,11-12H2,1H3. The molecular formula is C19H19N9. The lowest BCUT2D eigenvalue weighted by Gasteiger charge is -2.26. The Labute approximate surface area is 161 Å². The van der Waals surface area contributed by atoms with E-state index in [-0.39, 0.29) is 0 Å². The van der Waals surface area contributed by atoms with Crippen LogP contribution in [-0.4, -0.2) is 52.8 Å². The van der Waals surface area contributed by atoms with Gasteiger partial charge in [-0.05, 0) is 44.4 Å². The number of nitrogens with zero attached hydrogens (tertiary/aromatic N) is 9. The number of aromatic nitrogens is 8. The summed E-state index contributed by atoms with van der Waals surface area (Å²) in [5, 5.41) is 13.2. The Morgan fingerprint density at radius 3 is 2.54 bits per heavy atom. The highest BCUT2D eigenvalue weighted by Crippen LogP contribution is 2.23. The van der Waals surface area contributed by atoms with Gasteiger partial charge in [0.1, 0.15) is 5.69 Å². The fraction of sp³-hybridized carbons (Fsp3) is 0.316. The molecule has 0 atom stereocenters. The molecule has 0 bridgehead atoms. The Morgan fingerprint density at radius 2 is 1.71 bits per heavy atom. The van der Waals surface area contributed by atoms with Crippen molar-refractivity contribution in [2.75, 3.05) is 18.0 Å². The normalized spacial score (nSPS) is 14.5. The second-order valence-corrected chi connectivity index (χ2v) is 6.81. The second kappa shape index (κ2) is 6.91. The summed E-state index contributed by atoms with van der Waals surface area (Å²) in [5.41, 5.74) is 3.14. The quantitative estimate of drug-likeness (QED) is 0.540. The van der Waals surface area contributed by atoms with Crippen molar-refractivity contribution in [2.24, 2.45) is 0 Å². The Hall–Kier alpha value is -3.49. The van der Waals surface area contributed by atoms with Crippen molar-refractivity contribution in [3.63, 3.8) is 0 Å². The van der Waals surface area contributed by atoms with Crippen LogP contribution in [0.1, 0.15) is 25.0 Å². The first-order valence-electron chi connectivity index (χ1n) is 9.38. The summed E-state index contributed by atoms with van der Waals surface area (Å²) in [7, 11) is 0. The Kier molecular flexibility index (Phi) is 4.12. The summed E-state index contributed by atoms with van der Waals surface area (Å²) in [6.45, 7) is 3.93. The van der Waals surface area contributed by atoms with Gasteiger partial charge >= 0.3 is 0 Å². The van der Waals surface area contributed by atoms with Gasteiger partial charge in [0, 0.05) is 37.2 Å². The summed E-state index contributed by atoms with van der Waals surface area (Å²) < 4.78 is 1.71. The molecule has 0 unspecified atom stereocenters. The van der Waals surface area contributed by atoms with Gasteiger partial charge < -0.3 is 4.90 Å². The first-order chi connectivity index (χ1) is 13.8. The van der Waals surface area contributed by atoms with Gasteiger partial charge in [-0.1, -0.05) is 0 Å². The zero-order valence-electron chi connectivity index (χ0n) is 15.5. The van der Waals surface area contributed by atoms with E-state index in [0.29, 0.717) is 17.3 Å². The third-order valence-electron chi connectivity index (χ3n) is 4.95. The molecular weight excluding hydrogens is 354 g/mol. The van der Waals surface area contributed by atoms with Gasteiger partial charge in [0.2, 0.25) is 5.95 Å². The monoisotopic (exact) mass is 373 g/mol. The highest BCUT2D eigenvalue weighted by molar-refractivity contribution is 5.61. The van der Waals surface area contributed by atoms with E-state index in [9.17, 15) is 0 Å². The van der Waals surface area contributed by atoms with Crippen molar-refractivity contribution in [1.29, 1.82) is 0 Å². The first kappa shape index (κ1) is 16.7. The Morgan fingerprint density at radius 1 is 0.893 bits per heavy atom. The van der Waals surface area contributed by atoms with Gasteiger partial charge in [-0.15, -0.1) is 15.3 Å². The lowest BCUT2D eigenvalue weighted by Crippen LogP contribution is -2.31. The molecule has 0 amide bonds. The maximum absolute atomic E-state index is 4.74. The second-order valence-electron chi connectivity index (χ2n) is 6.81. The van der Waals surface area contributed by atoms with Crippen LogP contribution in [0.4, 0.5) is 5.95 Å². The fourth-order valence-electron chi connectivity index (χ4n) is 3.45. The van der Waals surface area contributed by atoms with Crippen LogP contribution in [0.5, 0.6) is 0 Å². The molecule has 0 spiro atoms. The number of piperidine rings is 1. The molecule has 4 aromatic heterocycles. The number of hydrogen-bond acceptors (Lipinski definition) is 8. The zero-order chi connectivity index (χ0) is 18.9. The van der Waals surface area contributed by atoms with Crippen LogP contribution in [0.15, 0.2) is 36.8 Å². The highest BCUT2D eigenvalue weighted by Gasteiger charge is 2.18. The van der Waals surface area contributed by atoms with Gasteiger partial charge in [0.25, 0.3) is 5.78 Å². The molecule has 9 nitrogen and oxygen atoms in total. The van der Waals surface area contributed by atoms with E-state index in [1.165, 1.54) is 19.3 Å². The number of aryl methyl sites for hydroxylation is 1. The predicted octanol–water partition coefficient (Wildman–Crippen LogP) is 2.34. The van der Waals surface area contributed by atoms with E-state index in [0.717, 1.165) is 36.0 Å². The van der Waals surface area contributed by atoms with Crippen LogP contribution in [-0.2, 0) is 0 Å². The summed E-state index contributed by atoms with van der Waals surface area (Å²) in [6.07, 6.45) is 8.83. The molecule has 0 N–H and O–H groups in total. The zero-order valence-corrected chi connectivity index (χ0v) is 15.5. The molecule has 1 aliphatic heterocycles. The summed E-state index contributed by atoms with van der Waals surface area (Å²) >= 11 is 0. The van der Waals surface area contributed by atoms with Crippen LogP contribution in [0.25, 0.3) is 28.6 Å². The van der Waals surface area contributed by atoms with Crippen LogP contribution < -0.4 is 4.90 Å². The van der Waals surface area contributed by atoms with Gasteiger partial charge in [0.15, 0.2) is 5.82 Å². The molecule has 5 heterocycles. The summed E-state index contributed by atoms with van der Waals surface area (Å²) in [6, 6.07) is 5.60. The lowest BCUT2D eigenvalue weighted by atomic mass is 10.1.